The minimum absolute atomic E-state index is 0.156. The SMILES string of the molecule is C[C@H](Sc1ccc(F)c(F)c1)c1nnc(-c2cccs2)o1. The van der Waals surface area contributed by atoms with E-state index in [0.29, 0.717) is 16.7 Å². The number of thiophene rings is 1. The van der Waals surface area contributed by atoms with Gasteiger partial charge in [-0.2, -0.15) is 0 Å². The van der Waals surface area contributed by atoms with Gasteiger partial charge in [0.05, 0.1) is 10.1 Å². The van der Waals surface area contributed by atoms with Gasteiger partial charge in [0.1, 0.15) is 0 Å². The molecule has 0 spiro atoms. The molecule has 0 amide bonds. The summed E-state index contributed by atoms with van der Waals surface area (Å²) in [6.07, 6.45) is 0. The van der Waals surface area contributed by atoms with Crippen LogP contribution in [0.25, 0.3) is 10.8 Å². The zero-order valence-electron chi connectivity index (χ0n) is 10.9. The molecule has 2 aromatic heterocycles. The number of halogens is 2. The smallest absolute Gasteiger partial charge is 0.257 e. The molecule has 0 aliphatic rings. The van der Waals surface area contributed by atoms with Gasteiger partial charge < -0.3 is 4.42 Å². The molecule has 3 aromatic rings. The van der Waals surface area contributed by atoms with Crippen LogP contribution in [0.15, 0.2) is 45.0 Å². The van der Waals surface area contributed by atoms with Gasteiger partial charge in [-0.1, -0.05) is 6.07 Å². The first-order valence-corrected chi connectivity index (χ1v) is 7.88. The van der Waals surface area contributed by atoms with Gasteiger partial charge in [0.15, 0.2) is 11.6 Å². The van der Waals surface area contributed by atoms with Gasteiger partial charge in [0, 0.05) is 4.90 Å². The first-order chi connectivity index (χ1) is 10.1. The molecule has 3 nitrogen and oxygen atoms in total. The minimum atomic E-state index is -0.864. The van der Waals surface area contributed by atoms with Crippen molar-refractivity contribution in [1.29, 1.82) is 0 Å². The predicted molar refractivity (Wildman–Crippen MR) is 78.2 cm³/mol. The van der Waals surface area contributed by atoms with Crippen LogP contribution in [-0.4, -0.2) is 10.2 Å². The van der Waals surface area contributed by atoms with E-state index in [1.165, 1.54) is 29.2 Å². The normalized spacial score (nSPS) is 12.5. The highest BCUT2D eigenvalue weighted by Crippen LogP contribution is 2.36. The van der Waals surface area contributed by atoms with Crippen LogP contribution in [0.4, 0.5) is 8.78 Å². The van der Waals surface area contributed by atoms with Gasteiger partial charge in [-0.05, 0) is 36.6 Å². The van der Waals surface area contributed by atoms with Gasteiger partial charge >= 0.3 is 0 Å². The predicted octanol–water partition coefficient (Wildman–Crippen LogP) is 4.93. The Balaban J connectivity index is 1.76. The van der Waals surface area contributed by atoms with E-state index in [1.807, 2.05) is 24.4 Å². The number of hydrogen-bond donors (Lipinski definition) is 0. The van der Waals surface area contributed by atoms with Gasteiger partial charge in [-0.25, -0.2) is 8.78 Å². The standard InChI is InChI=1S/C14H10F2N2OS2/c1-8(21-9-4-5-10(15)11(16)7-9)13-17-18-14(19-13)12-3-2-6-20-12/h2-8H,1H3/t8-/m0/s1. The summed E-state index contributed by atoms with van der Waals surface area (Å²) in [5.41, 5.74) is 0. The zero-order valence-corrected chi connectivity index (χ0v) is 12.5. The maximum Gasteiger partial charge on any atom is 0.257 e. The maximum atomic E-state index is 13.2. The number of hydrogen-bond acceptors (Lipinski definition) is 5. The van der Waals surface area contributed by atoms with Gasteiger partial charge in [-0.15, -0.1) is 33.3 Å². The third kappa shape index (κ3) is 3.14. The van der Waals surface area contributed by atoms with E-state index in [2.05, 4.69) is 10.2 Å². The monoisotopic (exact) mass is 324 g/mol. The lowest BCUT2D eigenvalue weighted by molar-refractivity contribution is 0.504. The van der Waals surface area contributed by atoms with Crippen LogP contribution < -0.4 is 0 Å². The van der Waals surface area contributed by atoms with Crippen molar-refractivity contribution < 1.29 is 13.2 Å². The second-order valence-corrected chi connectivity index (χ2v) is 6.62. The molecule has 0 unspecified atom stereocenters. The lowest BCUT2D eigenvalue weighted by Gasteiger charge is -2.06. The van der Waals surface area contributed by atoms with Crippen molar-refractivity contribution >= 4 is 23.1 Å². The summed E-state index contributed by atoms with van der Waals surface area (Å²) in [5.74, 6) is -0.798. The lowest BCUT2D eigenvalue weighted by atomic mass is 10.3. The summed E-state index contributed by atoms with van der Waals surface area (Å²) in [5, 5.41) is 9.78. The van der Waals surface area contributed by atoms with Gasteiger partial charge in [0.25, 0.3) is 5.89 Å². The first kappa shape index (κ1) is 14.2. The van der Waals surface area contributed by atoms with E-state index in [0.717, 1.165) is 17.0 Å². The van der Waals surface area contributed by atoms with Crippen molar-refractivity contribution in [1.82, 2.24) is 10.2 Å². The Hall–Kier alpha value is -1.73. The molecule has 1 atom stereocenters. The van der Waals surface area contributed by atoms with E-state index in [4.69, 9.17) is 4.42 Å². The van der Waals surface area contributed by atoms with Crippen LogP contribution >= 0.6 is 23.1 Å². The van der Waals surface area contributed by atoms with Crippen molar-refractivity contribution in [3.8, 4) is 10.8 Å². The summed E-state index contributed by atoms with van der Waals surface area (Å²) in [4.78, 5) is 1.51. The highest BCUT2D eigenvalue weighted by Gasteiger charge is 2.17. The van der Waals surface area contributed by atoms with Crippen molar-refractivity contribution in [2.24, 2.45) is 0 Å². The summed E-state index contributed by atoms with van der Waals surface area (Å²) >= 11 is 2.84. The largest absolute Gasteiger partial charge is 0.419 e. The number of thioether (sulfide) groups is 1. The third-order valence-electron chi connectivity index (χ3n) is 2.72. The van der Waals surface area contributed by atoms with Crippen molar-refractivity contribution in [2.75, 3.05) is 0 Å². The molecule has 0 fully saturated rings. The molecule has 21 heavy (non-hydrogen) atoms. The molecule has 0 saturated heterocycles. The molecular weight excluding hydrogens is 314 g/mol. The van der Waals surface area contributed by atoms with E-state index in [9.17, 15) is 8.78 Å². The van der Waals surface area contributed by atoms with Crippen molar-refractivity contribution in [2.45, 2.75) is 17.1 Å². The van der Waals surface area contributed by atoms with Crippen molar-refractivity contribution in [3.05, 3.63) is 53.2 Å². The summed E-state index contributed by atoms with van der Waals surface area (Å²) in [7, 11) is 0. The van der Waals surface area contributed by atoms with Gasteiger partial charge in [-0.3, -0.25) is 0 Å². The van der Waals surface area contributed by atoms with Gasteiger partial charge in [0.2, 0.25) is 5.89 Å². The fraction of sp³-hybridized carbons (Fsp3) is 0.143. The van der Waals surface area contributed by atoms with E-state index in [-0.39, 0.29) is 5.25 Å². The lowest BCUT2D eigenvalue weighted by Crippen LogP contribution is -1.90. The Morgan fingerprint density at radius 1 is 1.19 bits per heavy atom. The second-order valence-electron chi connectivity index (χ2n) is 4.26. The van der Waals surface area contributed by atoms with E-state index < -0.39 is 11.6 Å². The van der Waals surface area contributed by atoms with Crippen LogP contribution in [0.5, 0.6) is 0 Å². The van der Waals surface area contributed by atoms with E-state index in [1.54, 1.807) is 0 Å². The molecular formula is C14H10F2N2OS2. The quantitative estimate of drug-likeness (QED) is 0.638. The Morgan fingerprint density at radius 2 is 2.05 bits per heavy atom. The van der Waals surface area contributed by atoms with Crippen LogP contribution in [0, 0.1) is 11.6 Å². The summed E-state index contributed by atoms with van der Waals surface area (Å²) < 4.78 is 31.7. The first-order valence-electron chi connectivity index (χ1n) is 6.12. The molecule has 2 heterocycles. The third-order valence-corrected chi connectivity index (χ3v) is 4.66. The topological polar surface area (TPSA) is 38.9 Å². The molecule has 108 valence electrons. The average molecular weight is 324 g/mol. The number of benzene rings is 1. The molecule has 7 heteroatoms. The number of nitrogens with zero attached hydrogens (tertiary/aromatic N) is 2. The Labute approximate surface area is 128 Å². The molecule has 0 saturated carbocycles. The molecule has 3 rings (SSSR count). The highest BCUT2D eigenvalue weighted by molar-refractivity contribution is 7.99. The fourth-order valence-corrected chi connectivity index (χ4v) is 3.27. The van der Waals surface area contributed by atoms with E-state index >= 15 is 0 Å². The molecule has 0 aliphatic carbocycles. The second kappa shape index (κ2) is 5.95. The molecule has 0 N–H and O–H groups in total. The fourth-order valence-electron chi connectivity index (χ4n) is 1.70. The average Bonchev–Trinajstić information content (AvgIpc) is 3.12. The Bertz CT molecular complexity index is 743. The zero-order chi connectivity index (χ0) is 14.8. The molecule has 0 radical (unpaired) electrons. The minimum Gasteiger partial charge on any atom is -0.419 e. The number of aromatic nitrogens is 2. The highest BCUT2D eigenvalue weighted by atomic mass is 32.2. The molecule has 0 bridgehead atoms. The van der Waals surface area contributed by atoms with Crippen LogP contribution in [0.1, 0.15) is 18.1 Å². The number of rotatable bonds is 4. The molecule has 0 aliphatic heterocycles. The summed E-state index contributed by atoms with van der Waals surface area (Å²) in [6.45, 7) is 1.87. The van der Waals surface area contributed by atoms with Crippen LogP contribution in [-0.2, 0) is 0 Å². The maximum absolute atomic E-state index is 13.2. The van der Waals surface area contributed by atoms with Crippen LogP contribution in [0.2, 0.25) is 0 Å². The molecule has 1 aromatic carbocycles. The van der Waals surface area contributed by atoms with Crippen molar-refractivity contribution in [3.63, 3.8) is 0 Å². The van der Waals surface area contributed by atoms with Crippen LogP contribution in [0.3, 0.4) is 0 Å². The summed E-state index contributed by atoms with van der Waals surface area (Å²) in [6, 6.07) is 7.59. The Kier molecular flexibility index (Phi) is 4.03. The Morgan fingerprint density at radius 3 is 2.76 bits per heavy atom.